The minimum absolute atomic E-state index is 0.0746. The molecule has 30 heavy (non-hydrogen) atoms. The third-order valence-electron chi connectivity index (χ3n) is 5.58. The number of nitrogens with one attached hydrogen (secondary N) is 1. The minimum atomic E-state index is -3.41. The lowest BCUT2D eigenvalue weighted by Crippen LogP contribution is -2.41. The molecule has 1 amide bonds. The van der Waals surface area contributed by atoms with Gasteiger partial charge in [-0.05, 0) is 50.5 Å². The second-order valence-corrected chi connectivity index (χ2v) is 10.0. The van der Waals surface area contributed by atoms with E-state index in [0.29, 0.717) is 60.4 Å². The summed E-state index contributed by atoms with van der Waals surface area (Å²) in [5.41, 5.74) is 1.58. The molecule has 2 aliphatic heterocycles. The Bertz CT molecular complexity index is 1040. The van der Waals surface area contributed by atoms with E-state index in [0.717, 1.165) is 12.8 Å². The van der Waals surface area contributed by atoms with Crippen LogP contribution >= 0.6 is 11.6 Å². The molecule has 4 rings (SSSR count). The lowest BCUT2D eigenvalue weighted by atomic mass is 10.1. The Morgan fingerprint density at radius 1 is 1.13 bits per heavy atom. The van der Waals surface area contributed by atoms with Crippen molar-refractivity contribution in [1.29, 1.82) is 0 Å². The molecule has 1 unspecified atom stereocenters. The molecule has 0 saturated carbocycles. The van der Waals surface area contributed by atoms with E-state index in [9.17, 15) is 13.2 Å². The van der Waals surface area contributed by atoms with Crippen LogP contribution in [0.2, 0.25) is 5.02 Å². The zero-order chi connectivity index (χ0) is 21.3. The summed E-state index contributed by atoms with van der Waals surface area (Å²) in [7, 11) is -3.41. The van der Waals surface area contributed by atoms with Gasteiger partial charge in [0.25, 0.3) is 16.1 Å². The molecule has 2 saturated heterocycles. The van der Waals surface area contributed by atoms with Crippen LogP contribution in [-0.4, -0.2) is 59.1 Å². The number of halogens is 1. The quantitative estimate of drug-likeness (QED) is 0.757. The molecule has 2 aliphatic rings. The summed E-state index contributed by atoms with van der Waals surface area (Å²) >= 11 is 5.87. The van der Waals surface area contributed by atoms with Gasteiger partial charge < -0.3 is 5.32 Å². The molecule has 1 N–H and O–H groups in total. The second-order valence-electron chi connectivity index (χ2n) is 7.65. The number of carbonyl (C=O) groups is 1. The predicted molar refractivity (Wildman–Crippen MR) is 115 cm³/mol. The lowest BCUT2D eigenvalue weighted by Gasteiger charge is -2.23. The van der Waals surface area contributed by atoms with Gasteiger partial charge in [0.05, 0.1) is 11.3 Å². The number of hydrogen-bond donors (Lipinski definition) is 1. The van der Waals surface area contributed by atoms with Crippen LogP contribution in [-0.2, 0) is 10.2 Å². The molecule has 1 aromatic carbocycles. The van der Waals surface area contributed by atoms with Crippen molar-refractivity contribution in [3.05, 3.63) is 52.6 Å². The number of carbonyl (C=O) groups excluding carboxylic acids is 1. The first-order valence-electron chi connectivity index (χ1n) is 10.0. The van der Waals surface area contributed by atoms with E-state index in [1.54, 1.807) is 35.5 Å². The van der Waals surface area contributed by atoms with Crippen molar-refractivity contribution < 1.29 is 13.2 Å². The monoisotopic (exact) mass is 449 g/mol. The van der Waals surface area contributed by atoms with Gasteiger partial charge in [0.2, 0.25) is 0 Å². The van der Waals surface area contributed by atoms with Crippen molar-refractivity contribution >= 4 is 33.4 Å². The summed E-state index contributed by atoms with van der Waals surface area (Å²) in [5.74, 6) is 0.204. The Hall–Kier alpha value is -2.07. The minimum Gasteiger partial charge on any atom is -0.322 e. The number of nitrogens with zero attached hydrogens (tertiary/aromatic N) is 4. The maximum atomic E-state index is 12.8. The first kappa shape index (κ1) is 21.2. The van der Waals surface area contributed by atoms with Gasteiger partial charge >= 0.3 is 0 Å². The fourth-order valence-corrected chi connectivity index (χ4v) is 5.74. The molecule has 2 fully saturated rings. The summed E-state index contributed by atoms with van der Waals surface area (Å²) in [5, 5.41) is 3.39. The van der Waals surface area contributed by atoms with Crippen LogP contribution in [0.5, 0.6) is 0 Å². The Labute approximate surface area is 181 Å². The van der Waals surface area contributed by atoms with Crippen LogP contribution < -0.4 is 5.32 Å². The highest BCUT2D eigenvalue weighted by molar-refractivity contribution is 7.86. The van der Waals surface area contributed by atoms with Gasteiger partial charge in [0.15, 0.2) is 0 Å². The normalized spacial score (nSPS) is 20.5. The smallest absolute Gasteiger partial charge is 0.281 e. The van der Waals surface area contributed by atoms with Gasteiger partial charge in [-0.2, -0.15) is 17.0 Å². The topological polar surface area (TPSA) is 95.5 Å². The second kappa shape index (κ2) is 8.58. The van der Waals surface area contributed by atoms with Gasteiger partial charge in [0.1, 0.15) is 5.82 Å². The van der Waals surface area contributed by atoms with E-state index in [-0.39, 0.29) is 11.8 Å². The average molecular weight is 450 g/mol. The molecule has 0 bridgehead atoms. The molecule has 0 spiro atoms. The Morgan fingerprint density at radius 2 is 1.83 bits per heavy atom. The summed E-state index contributed by atoms with van der Waals surface area (Å²) in [4.78, 5) is 21.5. The molecule has 1 atom stereocenters. The Kier molecular flexibility index (Phi) is 6.06. The fourth-order valence-electron chi connectivity index (χ4n) is 3.87. The fraction of sp³-hybridized carbons (Fsp3) is 0.450. The van der Waals surface area contributed by atoms with Crippen molar-refractivity contribution in [3.63, 3.8) is 0 Å². The largest absolute Gasteiger partial charge is 0.322 e. The van der Waals surface area contributed by atoms with Gasteiger partial charge in [-0.25, -0.2) is 9.97 Å². The summed E-state index contributed by atoms with van der Waals surface area (Å²) < 4.78 is 28.6. The van der Waals surface area contributed by atoms with E-state index in [4.69, 9.17) is 11.6 Å². The van der Waals surface area contributed by atoms with Gasteiger partial charge in [-0.15, -0.1) is 0 Å². The molecule has 8 nitrogen and oxygen atoms in total. The van der Waals surface area contributed by atoms with E-state index in [1.165, 1.54) is 10.5 Å². The third-order valence-corrected chi connectivity index (χ3v) is 7.83. The zero-order valence-electron chi connectivity index (χ0n) is 16.7. The van der Waals surface area contributed by atoms with Crippen molar-refractivity contribution in [2.24, 2.45) is 0 Å². The number of rotatable bonds is 5. The van der Waals surface area contributed by atoms with Gasteiger partial charge in [-0.1, -0.05) is 11.6 Å². The van der Waals surface area contributed by atoms with E-state index in [2.05, 4.69) is 15.3 Å². The number of amides is 1. The summed E-state index contributed by atoms with van der Waals surface area (Å²) in [6.07, 6.45) is 4.01. The Morgan fingerprint density at radius 3 is 2.50 bits per heavy atom. The third kappa shape index (κ3) is 4.34. The van der Waals surface area contributed by atoms with Gasteiger partial charge in [0, 0.05) is 49.0 Å². The highest BCUT2D eigenvalue weighted by Crippen LogP contribution is 2.29. The number of benzene rings is 1. The highest BCUT2D eigenvalue weighted by atomic mass is 35.5. The molecular formula is C20H24ClN5O3S. The van der Waals surface area contributed by atoms with Crippen LogP contribution in [0.1, 0.15) is 47.1 Å². The lowest BCUT2D eigenvalue weighted by molar-refractivity contribution is 0.102. The first-order valence-corrected chi connectivity index (χ1v) is 11.8. The predicted octanol–water partition coefficient (Wildman–Crippen LogP) is 2.82. The van der Waals surface area contributed by atoms with Crippen molar-refractivity contribution in [1.82, 2.24) is 18.6 Å². The van der Waals surface area contributed by atoms with Crippen molar-refractivity contribution in [2.75, 3.05) is 31.5 Å². The summed E-state index contributed by atoms with van der Waals surface area (Å²) in [6.45, 7) is 3.78. The maximum absolute atomic E-state index is 12.8. The zero-order valence-corrected chi connectivity index (χ0v) is 18.3. The number of aromatic nitrogens is 2. The van der Waals surface area contributed by atoms with Crippen molar-refractivity contribution in [2.45, 2.75) is 32.1 Å². The van der Waals surface area contributed by atoms with Crippen LogP contribution in [0.3, 0.4) is 0 Å². The number of hydrogen-bond acceptors (Lipinski definition) is 5. The molecule has 0 aliphatic carbocycles. The van der Waals surface area contributed by atoms with Crippen LogP contribution in [0, 0.1) is 6.92 Å². The Balaban J connectivity index is 1.44. The molecular weight excluding hydrogens is 426 g/mol. The summed E-state index contributed by atoms with van der Waals surface area (Å²) in [6, 6.07) is 6.84. The van der Waals surface area contributed by atoms with E-state index in [1.807, 2.05) is 0 Å². The molecule has 0 radical (unpaired) electrons. The molecule has 10 heteroatoms. The molecule has 160 valence electrons. The van der Waals surface area contributed by atoms with Crippen LogP contribution in [0.4, 0.5) is 5.69 Å². The SMILES string of the molecule is Cc1nc(C2CCN(S(=O)(=O)N3CCCC3)C2)ncc1C(=O)Nc1ccc(Cl)cc1. The first-order chi connectivity index (χ1) is 14.3. The standard InChI is InChI=1S/C20H24ClN5O3S/c1-14-18(20(27)24-17-6-4-16(21)5-7-17)12-22-19(23-14)15-8-11-26(13-15)30(28,29)25-9-2-3-10-25/h4-7,12,15H,2-3,8-11,13H2,1H3,(H,24,27). The molecule has 1 aromatic heterocycles. The van der Waals surface area contributed by atoms with Crippen LogP contribution in [0.25, 0.3) is 0 Å². The van der Waals surface area contributed by atoms with Gasteiger partial charge in [-0.3, -0.25) is 4.79 Å². The highest BCUT2D eigenvalue weighted by Gasteiger charge is 2.38. The average Bonchev–Trinajstić information content (AvgIpc) is 3.42. The van der Waals surface area contributed by atoms with E-state index < -0.39 is 10.2 Å². The molecule has 3 heterocycles. The molecule has 2 aromatic rings. The van der Waals surface area contributed by atoms with Crippen molar-refractivity contribution in [3.8, 4) is 0 Å². The van der Waals surface area contributed by atoms with Crippen LogP contribution in [0.15, 0.2) is 30.5 Å². The number of aryl methyl sites for hydroxylation is 1. The van der Waals surface area contributed by atoms with E-state index >= 15 is 0 Å². The number of anilines is 1. The maximum Gasteiger partial charge on any atom is 0.281 e.